The molecule has 2 aromatic heterocycles. The van der Waals surface area contributed by atoms with Crippen molar-refractivity contribution in [3.05, 3.63) is 77.3 Å². The third-order valence-corrected chi connectivity index (χ3v) is 5.20. The average Bonchev–Trinajstić information content (AvgIpc) is 3.25. The van der Waals surface area contributed by atoms with Crippen LogP contribution in [0.1, 0.15) is 52.3 Å². The lowest BCUT2D eigenvalue weighted by Gasteiger charge is -2.25. The van der Waals surface area contributed by atoms with E-state index >= 15 is 0 Å². The standard InChI is InChI=1S/C21H21N3O2/c25-21(18-7-4-11-24(18)16-8-9-16)23-12-10-19-17(14-23)22-20(26-19)13-15-5-2-1-3-6-15/h1-7,11,16H,8-10,12-14H2. The molecule has 132 valence electrons. The predicted octanol–water partition coefficient (Wildman–Crippen LogP) is 3.60. The average molecular weight is 347 g/mol. The Labute approximate surface area is 152 Å². The van der Waals surface area contributed by atoms with Crippen molar-refractivity contribution >= 4 is 5.91 Å². The first kappa shape index (κ1) is 15.4. The maximum absolute atomic E-state index is 13.0. The maximum Gasteiger partial charge on any atom is 0.270 e. The molecule has 3 heterocycles. The second-order valence-corrected chi connectivity index (χ2v) is 7.15. The van der Waals surface area contributed by atoms with E-state index in [1.165, 1.54) is 18.4 Å². The highest BCUT2D eigenvalue weighted by Gasteiger charge is 2.31. The number of benzene rings is 1. The van der Waals surface area contributed by atoms with Crippen LogP contribution in [0.3, 0.4) is 0 Å². The van der Waals surface area contributed by atoms with Gasteiger partial charge >= 0.3 is 0 Å². The topological polar surface area (TPSA) is 51.3 Å². The first-order chi connectivity index (χ1) is 12.8. The van der Waals surface area contributed by atoms with Crippen LogP contribution in [0.2, 0.25) is 0 Å². The normalized spacial score (nSPS) is 16.5. The molecule has 0 radical (unpaired) electrons. The summed E-state index contributed by atoms with van der Waals surface area (Å²) < 4.78 is 8.07. The Balaban J connectivity index is 1.33. The molecule has 5 nitrogen and oxygen atoms in total. The van der Waals surface area contributed by atoms with Crippen molar-refractivity contribution in [2.45, 2.75) is 38.3 Å². The van der Waals surface area contributed by atoms with Gasteiger partial charge in [-0.25, -0.2) is 4.98 Å². The molecule has 0 unspecified atom stereocenters. The van der Waals surface area contributed by atoms with Crippen LogP contribution in [0, 0.1) is 0 Å². The first-order valence-corrected chi connectivity index (χ1v) is 9.25. The van der Waals surface area contributed by atoms with Crippen LogP contribution in [-0.2, 0) is 19.4 Å². The SMILES string of the molecule is O=C(c1cccn1C1CC1)N1CCc2oc(Cc3ccccc3)nc2C1. The van der Waals surface area contributed by atoms with E-state index in [0.29, 0.717) is 25.6 Å². The third-order valence-electron chi connectivity index (χ3n) is 5.20. The summed E-state index contributed by atoms with van der Waals surface area (Å²) in [6.45, 7) is 1.21. The van der Waals surface area contributed by atoms with Gasteiger partial charge in [-0.15, -0.1) is 0 Å². The van der Waals surface area contributed by atoms with Gasteiger partial charge in [-0.3, -0.25) is 4.79 Å². The monoisotopic (exact) mass is 347 g/mol. The number of carbonyl (C=O) groups excluding carboxylic acids is 1. The van der Waals surface area contributed by atoms with Crippen molar-refractivity contribution < 1.29 is 9.21 Å². The van der Waals surface area contributed by atoms with Gasteiger partial charge in [0.15, 0.2) is 5.89 Å². The van der Waals surface area contributed by atoms with Crippen molar-refractivity contribution in [2.24, 2.45) is 0 Å². The molecule has 0 spiro atoms. The van der Waals surface area contributed by atoms with Crippen molar-refractivity contribution in [3.8, 4) is 0 Å². The molecular formula is C21H21N3O2. The summed E-state index contributed by atoms with van der Waals surface area (Å²) in [5.74, 6) is 1.76. The largest absolute Gasteiger partial charge is 0.445 e. The van der Waals surface area contributed by atoms with Crippen LogP contribution in [0.4, 0.5) is 0 Å². The predicted molar refractivity (Wildman–Crippen MR) is 96.9 cm³/mol. The van der Waals surface area contributed by atoms with Gasteiger partial charge in [0.25, 0.3) is 5.91 Å². The van der Waals surface area contributed by atoms with Gasteiger partial charge in [0.1, 0.15) is 17.1 Å². The van der Waals surface area contributed by atoms with E-state index in [0.717, 1.165) is 29.5 Å². The smallest absolute Gasteiger partial charge is 0.270 e. The Kier molecular flexibility index (Phi) is 3.66. The van der Waals surface area contributed by atoms with E-state index in [9.17, 15) is 4.79 Å². The summed E-state index contributed by atoms with van der Waals surface area (Å²) in [5, 5.41) is 0. The minimum atomic E-state index is 0.0974. The first-order valence-electron chi connectivity index (χ1n) is 9.25. The number of rotatable bonds is 4. The summed E-state index contributed by atoms with van der Waals surface area (Å²) >= 11 is 0. The summed E-state index contributed by atoms with van der Waals surface area (Å²) in [7, 11) is 0. The number of oxazole rings is 1. The van der Waals surface area contributed by atoms with Gasteiger partial charge in [0.05, 0.1) is 6.54 Å². The van der Waals surface area contributed by atoms with Crippen LogP contribution in [-0.4, -0.2) is 26.9 Å². The minimum absolute atomic E-state index is 0.0974. The highest BCUT2D eigenvalue weighted by Crippen LogP contribution is 2.36. The number of nitrogens with zero attached hydrogens (tertiary/aromatic N) is 3. The minimum Gasteiger partial charge on any atom is -0.445 e. The van der Waals surface area contributed by atoms with E-state index in [-0.39, 0.29) is 5.91 Å². The molecule has 0 saturated heterocycles. The molecule has 26 heavy (non-hydrogen) atoms. The summed E-state index contributed by atoms with van der Waals surface area (Å²) in [6.07, 6.45) is 5.78. The quantitative estimate of drug-likeness (QED) is 0.724. The van der Waals surface area contributed by atoms with Crippen LogP contribution in [0.5, 0.6) is 0 Å². The van der Waals surface area contributed by atoms with E-state index in [1.54, 1.807) is 0 Å². The molecule has 5 heteroatoms. The Morgan fingerprint density at radius 1 is 1.15 bits per heavy atom. The number of amides is 1. The lowest BCUT2D eigenvalue weighted by Crippen LogP contribution is -2.36. The van der Waals surface area contributed by atoms with Crippen molar-refractivity contribution in [1.82, 2.24) is 14.5 Å². The second kappa shape index (κ2) is 6.16. The molecule has 1 aromatic carbocycles. The molecule has 1 amide bonds. The van der Waals surface area contributed by atoms with Crippen molar-refractivity contribution in [3.63, 3.8) is 0 Å². The lowest BCUT2D eigenvalue weighted by molar-refractivity contribution is 0.0716. The number of fused-ring (bicyclic) bond motifs is 1. The molecule has 1 fully saturated rings. The molecule has 5 rings (SSSR count). The summed E-state index contributed by atoms with van der Waals surface area (Å²) in [4.78, 5) is 19.5. The van der Waals surface area contributed by atoms with Gasteiger partial charge in [-0.05, 0) is 30.5 Å². The van der Waals surface area contributed by atoms with E-state index in [4.69, 9.17) is 4.42 Å². The summed E-state index contributed by atoms with van der Waals surface area (Å²) in [5.41, 5.74) is 2.88. The van der Waals surface area contributed by atoms with E-state index in [2.05, 4.69) is 21.7 Å². The van der Waals surface area contributed by atoms with Crippen LogP contribution in [0.25, 0.3) is 0 Å². The number of hydrogen-bond donors (Lipinski definition) is 0. The molecule has 0 N–H and O–H groups in total. The lowest BCUT2D eigenvalue weighted by atomic mass is 10.1. The highest BCUT2D eigenvalue weighted by molar-refractivity contribution is 5.93. The zero-order valence-electron chi connectivity index (χ0n) is 14.6. The molecule has 0 atom stereocenters. The Hall–Kier alpha value is -2.82. The fourth-order valence-electron chi connectivity index (χ4n) is 3.68. The fraction of sp³-hybridized carbons (Fsp3) is 0.333. The van der Waals surface area contributed by atoms with Crippen molar-refractivity contribution in [2.75, 3.05) is 6.54 Å². The van der Waals surface area contributed by atoms with Crippen LogP contribution < -0.4 is 0 Å². The molecule has 3 aromatic rings. The molecule has 1 saturated carbocycles. The molecule has 2 aliphatic rings. The zero-order chi connectivity index (χ0) is 17.5. The maximum atomic E-state index is 13.0. The number of aromatic nitrogens is 2. The number of carbonyl (C=O) groups is 1. The van der Waals surface area contributed by atoms with Gasteiger partial charge in [0.2, 0.25) is 0 Å². The van der Waals surface area contributed by atoms with Crippen LogP contribution in [0.15, 0.2) is 53.1 Å². The molecule has 1 aliphatic carbocycles. The van der Waals surface area contributed by atoms with E-state index in [1.807, 2.05) is 41.4 Å². The third kappa shape index (κ3) is 2.83. The summed E-state index contributed by atoms with van der Waals surface area (Å²) in [6, 6.07) is 14.6. The molecule has 0 bridgehead atoms. The molecular weight excluding hydrogens is 326 g/mol. The van der Waals surface area contributed by atoms with Gasteiger partial charge in [-0.2, -0.15) is 0 Å². The number of hydrogen-bond acceptors (Lipinski definition) is 3. The van der Waals surface area contributed by atoms with Crippen molar-refractivity contribution in [1.29, 1.82) is 0 Å². The van der Waals surface area contributed by atoms with Gasteiger partial charge in [0, 0.05) is 31.6 Å². The van der Waals surface area contributed by atoms with E-state index < -0.39 is 0 Å². The fourth-order valence-corrected chi connectivity index (χ4v) is 3.68. The van der Waals surface area contributed by atoms with Crippen LogP contribution >= 0.6 is 0 Å². The zero-order valence-corrected chi connectivity index (χ0v) is 14.6. The Bertz CT molecular complexity index is 937. The van der Waals surface area contributed by atoms with Gasteiger partial charge < -0.3 is 13.9 Å². The molecule has 1 aliphatic heterocycles. The Morgan fingerprint density at radius 2 is 2.00 bits per heavy atom. The highest BCUT2D eigenvalue weighted by atomic mass is 16.4. The van der Waals surface area contributed by atoms with Gasteiger partial charge in [-0.1, -0.05) is 30.3 Å². The second-order valence-electron chi connectivity index (χ2n) is 7.15. The Morgan fingerprint density at radius 3 is 2.81 bits per heavy atom.